The van der Waals surface area contributed by atoms with Gasteiger partial charge in [-0.25, -0.2) is 9.07 Å². The number of ether oxygens (including phenoxy) is 1. The maximum atomic E-state index is 13.4. The molecule has 0 atom stereocenters. The Bertz CT molecular complexity index is 1020. The number of aromatic amines is 1. The standard InChI is InChI=1S/C18H15FN2O2/c1-12-16(10-13-6-3-4-9-17(13)23-2)18(22)21(20-12)15-8-5-7-14(19)11-15/h3-11,20H,1H2,2H3. The summed E-state index contributed by atoms with van der Waals surface area (Å²) in [5, 5.41) is 3.72. The summed E-state index contributed by atoms with van der Waals surface area (Å²) < 4.78 is 19.9. The number of methoxy groups -OCH3 is 1. The van der Waals surface area contributed by atoms with E-state index in [4.69, 9.17) is 4.74 Å². The fraction of sp³-hybridized carbons (Fsp3) is 0.0556. The van der Waals surface area contributed by atoms with E-state index in [-0.39, 0.29) is 5.56 Å². The molecule has 0 spiro atoms. The quantitative estimate of drug-likeness (QED) is 0.798. The molecular formula is C18H15FN2O2. The van der Waals surface area contributed by atoms with Gasteiger partial charge in [0.2, 0.25) is 0 Å². The molecule has 0 aliphatic carbocycles. The first kappa shape index (κ1) is 14.8. The van der Waals surface area contributed by atoms with Crippen LogP contribution in [0.2, 0.25) is 0 Å². The number of rotatable bonds is 3. The third-order valence-electron chi connectivity index (χ3n) is 3.51. The lowest BCUT2D eigenvalue weighted by Gasteiger charge is -2.02. The maximum absolute atomic E-state index is 13.4. The van der Waals surface area contributed by atoms with Crippen molar-refractivity contribution in [3.05, 3.63) is 80.8 Å². The molecule has 0 aliphatic heterocycles. The molecule has 0 radical (unpaired) electrons. The number of benzene rings is 2. The lowest BCUT2D eigenvalue weighted by molar-refractivity contribution is 0.414. The fourth-order valence-corrected chi connectivity index (χ4v) is 2.38. The van der Waals surface area contributed by atoms with Crippen LogP contribution in [0.1, 0.15) is 5.56 Å². The molecule has 3 aromatic rings. The van der Waals surface area contributed by atoms with Gasteiger partial charge in [-0.1, -0.05) is 30.8 Å². The Kier molecular flexibility index (Phi) is 3.85. The van der Waals surface area contributed by atoms with Crippen LogP contribution in [0.25, 0.3) is 18.3 Å². The molecule has 0 bridgehead atoms. The summed E-state index contributed by atoms with van der Waals surface area (Å²) >= 11 is 0. The normalized spacial score (nSPS) is 11.7. The predicted molar refractivity (Wildman–Crippen MR) is 87.7 cm³/mol. The van der Waals surface area contributed by atoms with Gasteiger partial charge in [0.25, 0.3) is 5.56 Å². The molecule has 0 aliphatic rings. The molecule has 1 heterocycles. The Morgan fingerprint density at radius 1 is 1.22 bits per heavy atom. The Balaban J connectivity index is 2.21. The smallest absolute Gasteiger partial charge is 0.279 e. The van der Waals surface area contributed by atoms with E-state index >= 15 is 0 Å². The largest absolute Gasteiger partial charge is 0.496 e. The van der Waals surface area contributed by atoms with E-state index in [0.717, 1.165) is 5.56 Å². The summed E-state index contributed by atoms with van der Waals surface area (Å²) in [6, 6.07) is 13.2. The average molecular weight is 310 g/mol. The molecule has 0 saturated heterocycles. The van der Waals surface area contributed by atoms with Crippen molar-refractivity contribution in [1.29, 1.82) is 0 Å². The monoisotopic (exact) mass is 310 g/mol. The second kappa shape index (κ2) is 5.96. The minimum atomic E-state index is -0.412. The molecule has 0 fully saturated rings. The van der Waals surface area contributed by atoms with Crippen LogP contribution in [0, 0.1) is 5.82 Å². The van der Waals surface area contributed by atoms with E-state index in [1.165, 1.54) is 16.8 Å². The highest BCUT2D eigenvalue weighted by Gasteiger charge is 2.06. The van der Waals surface area contributed by atoms with E-state index in [1.54, 1.807) is 25.3 Å². The lowest BCUT2D eigenvalue weighted by atomic mass is 10.1. The Morgan fingerprint density at radius 3 is 2.74 bits per heavy atom. The highest BCUT2D eigenvalue weighted by molar-refractivity contribution is 5.57. The van der Waals surface area contributed by atoms with E-state index in [0.29, 0.717) is 22.0 Å². The summed E-state index contributed by atoms with van der Waals surface area (Å²) in [6.45, 7) is 3.86. The van der Waals surface area contributed by atoms with Gasteiger partial charge >= 0.3 is 0 Å². The van der Waals surface area contributed by atoms with Crippen molar-refractivity contribution in [1.82, 2.24) is 9.78 Å². The van der Waals surface area contributed by atoms with Crippen molar-refractivity contribution >= 4 is 12.7 Å². The lowest BCUT2D eigenvalue weighted by Crippen LogP contribution is -2.34. The van der Waals surface area contributed by atoms with Crippen molar-refractivity contribution in [3.8, 4) is 11.4 Å². The van der Waals surface area contributed by atoms with Crippen molar-refractivity contribution in [3.63, 3.8) is 0 Å². The molecule has 4 nitrogen and oxygen atoms in total. The zero-order valence-corrected chi connectivity index (χ0v) is 12.5. The first-order chi connectivity index (χ1) is 11.1. The molecule has 0 unspecified atom stereocenters. The highest BCUT2D eigenvalue weighted by Crippen LogP contribution is 2.17. The van der Waals surface area contributed by atoms with Gasteiger partial charge in [0.15, 0.2) is 0 Å². The number of hydrogen-bond acceptors (Lipinski definition) is 2. The first-order valence-corrected chi connectivity index (χ1v) is 7.01. The van der Waals surface area contributed by atoms with E-state index < -0.39 is 5.82 Å². The van der Waals surface area contributed by atoms with Gasteiger partial charge < -0.3 is 4.74 Å². The van der Waals surface area contributed by atoms with Crippen molar-refractivity contribution < 1.29 is 9.13 Å². The maximum Gasteiger partial charge on any atom is 0.279 e. The number of para-hydroxylation sites is 1. The van der Waals surface area contributed by atoms with Crippen LogP contribution in [0.15, 0.2) is 53.3 Å². The summed E-state index contributed by atoms with van der Waals surface area (Å²) in [7, 11) is 1.57. The summed E-state index contributed by atoms with van der Waals surface area (Å²) in [4.78, 5) is 12.6. The Hall–Kier alpha value is -3.08. The topological polar surface area (TPSA) is 47.0 Å². The third kappa shape index (κ3) is 2.81. The van der Waals surface area contributed by atoms with Gasteiger partial charge in [0.05, 0.1) is 23.4 Å². The van der Waals surface area contributed by atoms with Gasteiger partial charge in [-0.15, -0.1) is 0 Å². The molecular weight excluding hydrogens is 295 g/mol. The van der Waals surface area contributed by atoms with Gasteiger partial charge in [0.1, 0.15) is 11.6 Å². The first-order valence-electron chi connectivity index (χ1n) is 7.01. The molecule has 5 heteroatoms. The van der Waals surface area contributed by atoms with Crippen LogP contribution in [-0.2, 0) is 0 Å². The minimum absolute atomic E-state index is 0.300. The number of H-pyrrole nitrogens is 1. The van der Waals surface area contributed by atoms with Crippen LogP contribution in [-0.4, -0.2) is 16.9 Å². The van der Waals surface area contributed by atoms with E-state index in [2.05, 4.69) is 11.7 Å². The Labute approximate surface area is 131 Å². The molecule has 2 aromatic carbocycles. The van der Waals surface area contributed by atoms with Gasteiger partial charge in [-0.05, 0) is 30.3 Å². The van der Waals surface area contributed by atoms with Crippen molar-refractivity contribution in [2.45, 2.75) is 0 Å². The van der Waals surface area contributed by atoms with E-state index in [9.17, 15) is 9.18 Å². The number of nitrogens with zero attached hydrogens (tertiary/aromatic N) is 1. The van der Waals surface area contributed by atoms with E-state index in [1.807, 2.05) is 24.3 Å². The summed E-state index contributed by atoms with van der Waals surface area (Å²) in [5.41, 5.74) is 0.883. The second-order valence-corrected chi connectivity index (χ2v) is 5.01. The van der Waals surface area contributed by atoms with Crippen LogP contribution in [0.4, 0.5) is 4.39 Å². The SMILES string of the molecule is C=c1[nH]n(-c2cccc(F)c2)c(=O)c1=Cc1ccccc1OC. The van der Waals surface area contributed by atoms with Gasteiger partial charge in [0, 0.05) is 5.56 Å². The molecule has 23 heavy (non-hydrogen) atoms. The fourth-order valence-electron chi connectivity index (χ4n) is 2.38. The van der Waals surface area contributed by atoms with Crippen LogP contribution in [0.5, 0.6) is 5.75 Å². The predicted octanol–water partition coefficient (Wildman–Crippen LogP) is 1.55. The summed E-state index contributed by atoms with van der Waals surface area (Å²) in [5.74, 6) is 0.245. The zero-order valence-electron chi connectivity index (χ0n) is 12.5. The Morgan fingerprint density at radius 2 is 2.00 bits per heavy atom. The second-order valence-electron chi connectivity index (χ2n) is 5.01. The molecule has 1 N–H and O–H groups in total. The molecule has 0 amide bonds. The van der Waals surface area contributed by atoms with Crippen molar-refractivity contribution in [2.75, 3.05) is 7.11 Å². The molecule has 0 saturated carbocycles. The molecule has 116 valence electrons. The zero-order chi connectivity index (χ0) is 16.4. The summed E-state index contributed by atoms with van der Waals surface area (Å²) in [6.07, 6.45) is 1.70. The third-order valence-corrected chi connectivity index (χ3v) is 3.51. The van der Waals surface area contributed by atoms with Crippen molar-refractivity contribution in [2.24, 2.45) is 0 Å². The number of halogens is 1. The highest BCUT2D eigenvalue weighted by atomic mass is 19.1. The van der Waals surface area contributed by atoms with Gasteiger partial charge in [-0.2, -0.15) is 0 Å². The van der Waals surface area contributed by atoms with Crippen LogP contribution in [0.3, 0.4) is 0 Å². The molecule has 1 aromatic heterocycles. The number of hydrogen-bond donors (Lipinski definition) is 1. The number of nitrogens with one attached hydrogen (secondary N) is 1. The van der Waals surface area contributed by atoms with Crippen LogP contribution >= 0.6 is 0 Å². The van der Waals surface area contributed by atoms with Gasteiger partial charge in [-0.3, -0.25) is 9.89 Å². The minimum Gasteiger partial charge on any atom is -0.496 e. The average Bonchev–Trinajstić information content (AvgIpc) is 2.83. The number of aromatic nitrogens is 2. The van der Waals surface area contributed by atoms with Crippen LogP contribution < -0.4 is 20.9 Å². The molecule has 3 rings (SSSR count).